The zero-order chi connectivity index (χ0) is 14.1. The summed E-state index contributed by atoms with van der Waals surface area (Å²) in [7, 11) is 0. The summed E-state index contributed by atoms with van der Waals surface area (Å²) in [5.74, 6) is 0. The summed E-state index contributed by atoms with van der Waals surface area (Å²) in [4.78, 5) is 21.2. The number of hydrogen-bond donors (Lipinski definition) is 0. The van der Waals surface area contributed by atoms with Crippen molar-refractivity contribution in [2.45, 2.75) is 26.8 Å². The van der Waals surface area contributed by atoms with Crippen LogP contribution in [0.25, 0.3) is 11.0 Å². The van der Waals surface area contributed by atoms with Crippen molar-refractivity contribution in [3.05, 3.63) is 56.4 Å². The Morgan fingerprint density at radius 3 is 2.80 bits per heavy atom. The molecular weight excluding hydrogens is 270 g/mol. The van der Waals surface area contributed by atoms with Crippen LogP contribution in [0.4, 0.5) is 0 Å². The maximum atomic E-state index is 12.3. The van der Waals surface area contributed by atoms with Gasteiger partial charge >= 0.3 is 0 Å². The van der Waals surface area contributed by atoms with Crippen LogP contribution in [0.15, 0.2) is 34.4 Å². The smallest absolute Gasteiger partial charge is 0.272 e. The molecule has 0 aliphatic carbocycles. The van der Waals surface area contributed by atoms with Crippen LogP contribution in [0.5, 0.6) is 0 Å². The van der Waals surface area contributed by atoms with Crippen LogP contribution in [0.1, 0.15) is 23.3 Å². The Labute approximate surface area is 120 Å². The van der Waals surface area contributed by atoms with Gasteiger partial charge in [-0.25, -0.2) is 9.97 Å². The fourth-order valence-electron chi connectivity index (χ4n) is 2.22. The van der Waals surface area contributed by atoms with Crippen LogP contribution in [-0.4, -0.2) is 14.5 Å². The Kier molecular flexibility index (Phi) is 3.36. The first kappa shape index (κ1) is 13.0. The lowest BCUT2D eigenvalue weighted by atomic mass is 10.2. The third kappa shape index (κ3) is 2.25. The number of nitrogens with zero attached hydrogens (tertiary/aromatic N) is 3. The van der Waals surface area contributed by atoms with E-state index in [9.17, 15) is 4.79 Å². The Bertz CT molecular complexity index is 819. The zero-order valence-corrected chi connectivity index (χ0v) is 12.3. The normalized spacial score (nSPS) is 11.1. The van der Waals surface area contributed by atoms with Crippen LogP contribution < -0.4 is 5.56 Å². The number of fused-ring (bicyclic) bond motifs is 1. The van der Waals surface area contributed by atoms with E-state index in [4.69, 9.17) is 0 Å². The maximum absolute atomic E-state index is 12.3. The van der Waals surface area contributed by atoms with E-state index in [1.54, 1.807) is 22.8 Å². The molecule has 102 valence electrons. The van der Waals surface area contributed by atoms with Crippen LogP contribution >= 0.6 is 11.3 Å². The van der Waals surface area contributed by atoms with E-state index >= 15 is 0 Å². The van der Waals surface area contributed by atoms with Gasteiger partial charge in [0.1, 0.15) is 5.69 Å². The SMILES string of the molecule is CCc1nc(Cn2c(=O)c(C)nc3ccccc32)cs1. The van der Waals surface area contributed by atoms with Gasteiger partial charge in [-0.3, -0.25) is 9.36 Å². The summed E-state index contributed by atoms with van der Waals surface area (Å²) < 4.78 is 1.76. The standard InChI is InChI=1S/C15H15N3OS/c1-3-14-17-11(9-20-14)8-18-13-7-5-4-6-12(13)16-10(2)15(18)19/h4-7,9H,3,8H2,1-2H3. The lowest BCUT2D eigenvalue weighted by Gasteiger charge is -2.09. The van der Waals surface area contributed by atoms with Gasteiger partial charge in [0.25, 0.3) is 5.56 Å². The largest absolute Gasteiger partial charge is 0.299 e. The monoisotopic (exact) mass is 285 g/mol. The minimum atomic E-state index is -0.0465. The molecule has 5 heteroatoms. The molecule has 0 amide bonds. The van der Waals surface area contributed by atoms with Crippen molar-refractivity contribution in [2.75, 3.05) is 0 Å². The molecule has 0 bridgehead atoms. The van der Waals surface area contributed by atoms with Crippen LogP contribution in [0.3, 0.4) is 0 Å². The van der Waals surface area contributed by atoms with Gasteiger partial charge in [-0.05, 0) is 25.5 Å². The highest BCUT2D eigenvalue weighted by Crippen LogP contribution is 2.14. The molecule has 0 aliphatic heterocycles. The molecule has 0 radical (unpaired) electrons. The van der Waals surface area contributed by atoms with Gasteiger partial charge in [-0.15, -0.1) is 11.3 Å². The summed E-state index contributed by atoms with van der Waals surface area (Å²) in [6, 6.07) is 7.71. The second-order valence-corrected chi connectivity index (χ2v) is 5.61. The number of aryl methyl sites for hydroxylation is 2. The third-order valence-corrected chi connectivity index (χ3v) is 4.28. The molecule has 0 saturated heterocycles. The van der Waals surface area contributed by atoms with E-state index < -0.39 is 0 Å². The molecule has 3 rings (SSSR count). The van der Waals surface area contributed by atoms with Crippen molar-refractivity contribution < 1.29 is 0 Å². The van der Waals surface area contributed by atoms with Crippen molar-refractivity contribution in [2.24, 2.45) is 0 Å². The molecular formula is C15H15N3OS. The highest BCUT2D eigenvalue weighted by molar-refractivity contribution is 7.09. The van der Waals surface area contributed by atoms with Gasteiger partial charge in [0.05, 0.1) is 28.3 Å². The third-order valence-electron chi connectivity index (χ3n) is 3.24. The number of para-hydroxylation sites is 2. The van der Waals surface area contributed by atoms with Crippen molar-refractivity contribution >= 4 is 22.4 Å². The Morgan fingerprint density at radius 1 is 1.25 bits per heavy atom. The summed E-state index contributed by atoms with van der Waals surface area (Å²) in [5, 5.41) is 3.12. The Balaban J connectivity index is 2.14. The molecule has 0 N–H and O–H groups in total. The highest BCUT2D eigenvalue weighted by Gasteiger charge is 2.09. The number of benzene rings is 1. The first-order valence-electron chi connectivity index (χ1n) is 6.58. The molecule has 4 nitrogen and oxygen atoms in total. The number of hydrogen-bond acceptors (Lipinski definition) is 4. The van der Waals surface area contributed by atoms with E-state index in [2.05, 4.69) is 16.9 Å². The number of aromatic nitrogens is 3. The molecule has 0 fully saturated rings. The lowest BCUT2D eigenvalue weighted by molar-refractivity contribution is 0.757. The summed E-state index contributed by atoms with van der Waals surface area (Å²) in [6.07, 6.45) is 0.926. The minimum Gasteiger partial charge on any atom is -0.299 e. The number of thiazole rings is 1. The molecule has 1 aromatic carbocycles. The number of rotatable bonds is 3. The minimum absolute atomic E-state index is 0.0465. The van der Waals surface area contributed by atoms with Crippen molar-refractivity contribution in [1.82, 2.24) is 14.5 Å². The maximum Gasteiger partial charge on any atom is 0.272 e. The van der Waals surface area contributed by atoms with Gasteiger partial charge in [-0.2, -0.15) is 0 Å². The van der Waals surface area contributed by atoms with Crippen molar-refractivity contribution in [3.63, 3.8) is 0 Å². The molecule has 0 unspecified atom stereocenters. The lowest BCUT2D eigenvalue weighted by Crippen LogP contribution is -2.24. The van der Waals surface area contributed by atoms with Gasteiger partial charge in [0.15, 0.2) is 0 Å². The quantitative estimate of drug-likeness (QED) is 0.743. The van der Waals surface area contributed by atoms with Gasteiger partial charge in [0, 0.05) is 5.38 Å². The van der Waals surface area contributed by atoms with Crippen LogP contribution in [0, 0.1) is 6.92 Å². The topological polar surface area (TPSA) is 47.8 Å². The van der Waals surface area contributed by atoms with E-state index in [0.717, 1.165) is 28.2 Å². The average molecular weight is 285 g/mol. The Hall–Kier alpha value is -2.01. The predicted molar refractivity (Wildman–Crippen MR) is 81.3 cm³/mol. The van der Waals surface area contributed by atoms with Crippen LogP contribution in [0.2, 0.25) is 0 Å². The summed E-state index contributed by atoms with van der Waals surface area (Å²) >= 11 is 1.64. The van der Waals surface area contributed by atoms with E-state index in [0.29, 0.717) is 12.2 Å². The van der Waals surface area contributed by atoms with Gasteiger partial charge in [-0.1, -0.05) is 19.1 Å². The second-order valence-electron chi connectivity index (χ2n) is 4.66. The molecule has 0 spiro atoms. The molecule has 2 aromatic heterocycles. The molecule has 3 aromatic rings. The highest BCUT2D eigenvalue weighted by atomic mass is 32.1. The first-order valence-corrected chi connectivity index (χ1v) is 7.46. The van der Waals surface area contributed by atoms with Crippen molar-refractivity contribution in [1.29, 1.82) is 0 Å². The van der Waals surface area contributed by atoms with E-state index in [-0.39, 0.29) is 5.56 Å². The molecule has 2 heterocycles. The average Bonchev–Trinajstić information content (AvgIpc) is 2.91. The van der Waals surface area contributed by atoms with Crippen molar-refractivity contribution in [3.8, 4) is 0 Å². The van der Waals surface area contributed by atoms with Gasteiger partial charge < -0.3 is 0 Å². The fourth-order valence-corrected chi connectivity index (χ4v) is 2.96. The van der Waals surface area contributed by atoms with Gasteiger partial charge in [0.2, 0.25) is 0 Å². The summed E-state index contributed by atoms with van der Waals surface area (Å²) in [5.41, 5.74) is 3.11. The molecule has 0 atom stereocenters. The van der Waals surface area contributed by atoms with Crippen LogP contribution in [-0.2, 0) is 13.0 Å². The molecule has 0 saturated carbocycles. The Morgan fingerprint density at radius 2 is 2.05 bits per heavy atom. The predicted octanol–water partition coefficient (Wildman–Crippen LogP) is 2.77. The second kappa shape index (κ2) is 5.17. The molecule has 0 aliphatic rings. The zero-order valence-electron chi connectivity index (χ0n) is 11.5. The van der Waals surface area contributed by atoms with E-state index in [1.165, 1.54) is 0 Å². The molecule has 20 heavy (non-hydrogen) atoms. The fraction of sp³-hybridized carbons (Fsp3) is 0.267. The van der Waals surface area contributed by atoms with E-state index in [1.807, 2.05) is 29.6 Å². The summed E-state index contributed by atoms with van der Waals surface area (Å²) in [6.45, 7) is 4.34. The first-order chi connectivity index (χ1) is 9.69.